The number of amides is 2. The molecule has 0 saturated heterocycles. The largest absolute Gasteiger partial charge is 0.493 e. The van der Waals surface area contributed by atoms with Crippen molar-refractivity contribution in [3.05, 3.63) is 42.2 Å². The molecule has 0 aliphatic carbocycles. The first-order valence-electron chi connectivity index (χ1n) is 6.71. The lowest BCUT2D eigenvalue weighted by atomic mass is 10.2. The van der Waals surface area contributed by atoms with Crippen LogP contribution in [0.5, 0.6) is 17.2 Å². The van der Waals surface area contributed by atoms with Crippen LogP contribution < -0.4 is 24.8 Å². The minimum Gasteiger partial charge on any atom is -0.493 e. The number of anilines is 2. The summed E-state index contributed by atoms with van der Waals surface area (Å²) in [5.41, 5.74) is 0.781. The first-order chi connectivity index (χ1) is 11.1. The van der Waals surface area contributed by atoms with Crippen molar-refractivity contribution in [1.29, 1.82) is 0 Å². The van der Waals surface area contributed by atoms with E-state index in [4.69, 9.17) is 14.2 Å². The van der Waals surface area contributed by atoms with Crippen LogP contribution in [0.25, 0.3) is 0 Å². The van der Waals surface area contributed by atoms with Crippen LogP contribution >= 0.6 is 0 Å². The summed E-state index contributed by atoms with van der Waals surface area (Å²) >= 11 is 0. The number of urea groups is 1. The van der Waals surface area contributed by atoms with E-state index in [1.165, 1.54) is 39.5 Å². The Morgan fingerprint density at radius 2 is 1.52 bits per heavy atom. The summed E-state index contributed by atoms with van der Waals surface area (Å²) in [4.78, 5) is 12.0. The van der Waals surface area contributed by atoms with Gasteiger partial charge in [0.05, 0.1) is 27.0 Å². The Labute approximate surface area is 133 Å². The van der Waals surface area contributed by atoms with Gasteiger partial charge >= 0.3 is 6.03 Å². The van der Waals surface area contributed by atoms with E-state index in [-0.39, 0.29) is 0 Å². The topological polar surface area (TPSA) is 68.8 Å². The predicted molar refractivity (Wildman–Crippen MR) is 85.1 cm³/mol. The Balaban J connectivity index is 2.17. The summed E-state index contributed by atoms with van der Waals surface area (Å²) < 4.78 is 28.7. The highest BCUT2D eigenvalue weighted by Gasteiger charge is 2.14. The molecule has 0 radical (unpaired) electrons. The number of carbonyl (C=O) groups is 1. The molecule has 0 aromatic heterocycles. The first-order valence-corrected chi connectivity index (χ1v) is 6.71. The molecule has 23 heavy (non-hydrogen) atoms. The van der Waals surface area contributed by atoms with E-state index in [1.54, 1.807) is 18.2 Å². The molecule has 2 N–H and O–H groups in total. The zero-order valence-electron chi connectivity index (χ0n) is 13.0. The molecule has 0 heterocycles. The highest BCUT2D eigenvalue weighted by atomic mass is 19.1. The summed E-state index contributed by atoms with van der Waals surface area (Å²) in [6.07, 6.45) is 0. The number of methoxy groups -OCH3 is 3. The van der Waals surface area contributed by atoms with Gasteiger partial charge in [-0.25, -0.2) is 9.18 Å². The van der Waals surface area contributed by atoms with E-state index < -0.39 is 11.8 Å². The number of rotatable bonds is 5. The van der Waals surface area contributed by atoms with Crippen molar-refractivity contribution in [3.8, 4) is 17.2 Å². The van der Waals surface area contributed by atoms with Crippen LogP contribution in [0.15, 0.2) is 36.4 Å². The number of ether oxygens (including phenoxy) is 3. The van der Waals surface area contributed by atoms with Gasteiger partial charge in [0, 0.05) is 17.8 Å². The number of benzene rings is 2. The number of halogens is 1. The van der Waals surface area contributed by atoms with Gasteiger partial charge in [-0.2, -0.15) is 0 Å². The predicted octanol–water partition coefficient (Wildman–Crippen LogP) is 3.50. The third-order valence-electron chi connectivity index (χ3n) is 3.01. The van der Waals surface area contributed by atoms with E-state index in [9.17, 15) is 9.18 Å². The molecular weight excluding hydrogens is 303 g/mol. The second kappa shape index (κ2) is 7.35. The van der Waals surface area contributed by atoms with Crippen LogP contribution in [0.2, 0.25) is 0 Å². The van der Waals surface area contributed by atoms with Crippen LogP contribution in [-0.4, -0.2) is 27.4 Å². The SMILES string of the molecule is COc1cc(NC(=O)Nc2cccc(F)c2)cc(OC)c1OC. The smallest absolute Gasteiger partial charge is 0.323 e. The number of hydrogen-bond acceptors (Lipinski definition) is 4. The molecule has 2 rings (SSSR count). The lowest BCUT2D eigenvalue weighted by molar-refractivity contribution is 0.262. The molecule has 0 aliphatic rings. The minimum atomic E-state index is -0.523. The molecule has 0 unspecified atom stereocenters. The van der Waals surface area contributed by atoms with Crippen LogP contribution in [0, 0.1) is 5.82 Å². The summed E-state index contributed by atoms with van der Waals surface area (Å²) in [5.74, 6) is 0.808. The van der Waals surface area contributed by atoms with E-state index in [0.717, 1.165) is 0 Å². The fourth-order valence-corrected chi connectivity index (χ4v) is 2.01. The van der Waals surface area contributed by atoms with Gasteiger partial charge in [-0.15, -0.1) is 0 Å². The fraction of sp³-hybridized carbons (Fsp3) is 0.188. The zero-order chi connectivity index (χ0) is 16.8. The van der Waals surface area contributed by atoms with Crippen molar-refractivity contribution in [2.24, 2.45) is 0 Å². The third kappa shape index (κ3) is 4.03. The van der Waals surface area contributed by atoms with Crippen LogP contribution in [0.1, 0.15) is 0 Å². The van der Waals surface area contributed by atoms with Crippen molar-refractivity contribution < 1.29 is 23.4 Å². The molecular formula is C16H17FN2O4. The van der Waals surface area contributed by atoms with Gasteiger partial charge in [0.25, 0.3) is 0 Å². The molecule has 122 valence electrons. The standard InChI is InChI=1S/C16H17FN2O4/c1-21-13-8-12(9-14(22-2)15(13)23-3)19-16(20)18-11-6-4-5-10(17)7-11/h4-9H,1-3H3,(H2,18,19,20). The average molecular weight is 320 g/mol. The van der Waals surface area contributed by atoms with Gasteiger partial charge in [0.15, 0.2) is 11.5 Å². The molecule has 0 spiro atoms. The second-order valence-corrected chi connectivity index (χ2v) is 4.50. The summed E-state index contributed by atoms with van der Waals surface area (Å²) in [6.45, 7) is 0. The quantitative estimate of drug-likeness (QED) is 0.885. The Kier molecular flexibility index (Phi) is 5.24. The van der Waals surface area contributed by atoms with Crippen LogP contribution in [0.4, 0.5) is 20.6 Å². The van der Waals surface area contributed by atoms with Crippen molar-refractivity contribution in [1.82, 2.24) is 0 Å². The maximum Gasteiger partial charge on any atom is 0.323 e. The van der Waals surface area contributed by atoms with E-state index >= 15 is 0 Å². The fourth-order valence-electron chi connectivity index (χ4n) is 2.01. The molecule has 2 amide bonds. The molecule has 0 fully saturated rings. The highest BCUT2D eigenvalue weighted by Crippen LogP contribution is 2.39. The monoisotopic (exact) mass is 320 g/mol. The Morgan fingerprint density at radius 1 is 0.913 bits per heavy atom. The van der Waals surface area contributed by atoms with Gasteiger partial charge < -0.3 is 24.8 Å². The minimum absolute atomic E-state index is 0.343. The lowest BCUT2D eigenvalue weighted by Crippen LogP contribution is -2.19. The molecule has 0 aliphatic heterocycles. The molecule has 0 bridgehead atoms. The van der Waals surface area contributed by atoms with Gasteiger partial charge in [0.1, 0.15) is 5.82 Å². The van der Waals surface area contributed by atoms with Gasteiger partial charge in [-0.3, -0.25) is 0 Å². The van der Waals surface area contributed by atoms with Crippen molar-refractivity contribution in [3.63, 3.8) is 0 Å². The highest BCUT2D eigenvalue weighted by molar-refractivity contribution is 6.00. The molecule has 2 aromatic carbocycles. The number of hydrogen-bond donors (Lipinski definition) is 2. The summed E-state index contributed by atoms with van der Waals surface area (Å²) in [5, 5.41) is 5.15. The van der Waals surface area contributed by atoms with E-state index in [0.29, 0.717) is 28.6 Å². The van der Waals surface area contributed by atoms with Crippen LogP contribution in [0.3, 0.4) is 0 Å². The Hall–Kier alpha value is -2.96. The van der Waals surface area contributed by atoms with Gasteiger partial charge in [-0.1, -0.05) is 6.07 Å². The Bertz CT molecular complexity index is 681. The zero-order valence-corrected chi connectivity index (χ0v) is 13.0. The normalized spacial score (nSPS) is 9.91. The summed E-state index contributed by atoms with van der Waals surface area (Å²) in [6, 6.07) is 8.25. The molecule has 7 heteroatoms. The molecule has 0 atom stereocenters. The molecule has 2 aromatic rings. The summed E-state index contributed by atoms with van der Waals surface area (Å²) in [7, 11) is 4.45. The van der Waals surface area contributed by atoms with E-state index in [1.807, 2.05) is 0 Å². The third-order valence-corrected chi connectivity index (χ3v) is 3.01. The van der Waals surface area contributed by atoms with Gasteiger partial charge in [0.2, 0.25) is 5.75 Å². The van der Waals surface area contributed by atoms with Crippen molar-refractivity contribution in [2.75, 3.05) is 32.0 Å². The number of carbonyl (C=O) groups excluding carboxylic acids is 1. The first kappa shape index (κ1) is 16.4. The maximum absolute atomic E-state index is 13.1. The average Bonchev–Trinajstić information content (AvgIpc) is 2.53. The second-order valence-electron chi connectivity index (χ2n) is 4.50. The number of nitrogens with one attached hydrogen (secondary N) is 2. The molecule has 0 saturated carbocycles. The van der Waals surface area contributed by atoms with E-state index in [2.05, 4.69) is 10.6 Å². The maximum atomic E-state index is 13.1. The molecule has 6 nitrogen and oxygen atoms in total. The lowest BCUT2D eigenvalue weighted by Gasteiger charge is -2.15. The van der Waals surface area contributed by atoms with Gasteiger partial charge in [-0.05, 0) is 18.2 Å². The van der Waals surface area contributed by atoms with Crippen molar-refractivity contribution in [2.45, 2.75) is 0 Å². The Morgan fingerprint density at radius 3 is 2.04 bits per heavy atom. The van der Waals surface area contributed by atoms with Crippen LogP contribution in [-0.2, 0) is 0 Å². The van der Waals surface area contributed by atoms with Crippen molar-refractivity contribution >= 4 is 17.4 Å².